The number of thiophene rings is 2. The number of nitrogens with zero attached hydrogens (tertiary/aromatic N) is 1. The summed E-state index contributed by atoms with van der Waals surface area (Å²) in [5.74, 6) is 0. The third-order valence-electron chi connectivity index (χ3n) is 13.3. The molecule has 3 aliphatic carbocycles. The van der Waals surface area contributed by atoms with Gasteiger partial charge in [0.25, 0.3) is 0 Å². The Morgan fingerprint density at radius 2 is 1.08 bits per heavy atom. The molecular formula is C57H43NS2. The molecule has 0 spiro atoms. The van der Waals surface area contributed by atoms with E-state index in [1.807, 2.05) is 22.7 Å². The van der Waals surface area contributed by atoms with Gasteiger partial charge in [0, 0.05) is 73.9 Å². The van der Waals surface area contributed by atoms with E-state index in [0.29, 0.717) is 0 Å². The summed E-state index contributed by atoms with van der Waals surface area (Å²) in [6.45, 7) is 4.85. The minimum Gasteiger partial charge on any atom is -0.310 e. The molecule has 3 heteroatoms. The van der Waals surface area contributed by atoms with E-state index < -0.39 is 0 Å². The number of hydrogen-bond donors (Lipinski definition) is 0. The fourth-order valence-electron chi connectivity index (χ4n) is 10.3. The lowest BCUT2D eigenvalue weighted by atomic mass is 9.78. The molecule has 0 unspecified atom stereocenters. The number of allylic oxidation sites excluding steroid dienone is 8. The molecule has 3 aliphatic rings. The highest BCUT2D eigenvalue weighted by Gasteiger charge is 2.38. The van der Waals surface area contributed by atoms with E-state index in [4.69, 9.17) is 0 Å². The molecule has 60 heavy (non-hydrogen) atoms. The monoisotopic (exact) mass is 805 g/mol. The van der Waals surface area contributed by atoms with Gasteiger partial charge in [0.1, 0.15) is 0 Å². The first-order chi connectivity index (χ1) is 29.5. The van der Waals surface area contributed by atoms with Crippen molar-refractivity contribution < 1.29 is 0 Å². The van der Waals surface area contributed by atoms with E-state index in [0.717, 1.165) is 37.1 Å². The van der Waals surface area contributed by atoms with Gasteiger partial charge in [-0.1, -0.05) is 147 Å². The number of anilines is 3. The number of benzene rings is 7. The Labute approximate surface area is 359 Å². The molecule has 2 heterocycles. The van der Waals surface area contributed by atoms with Crippen LogP contribution in [0, 0.1) is 0 Å². The number of rotatable bonds is 6. The van der Waals surface area contributed by atoms with Crippen LogP contribution >= 0.6 is 22.7 Å². The summed E-state index contributed by atoms with van der Waals surface area (Å²) >= 11 is 3.81. The van der Waals surface area contributed by atoms with Crippen LogP contribution < -0.4 is 4.90 Å². The second-order valence-corrected chi connectivity index (χ2v) is 19.1. The first-order valence-corrected chi connectivity index (χ1v) is 22.9. The largest absolute Gasteiger partial charge is 0.310 e. The van der Waals surface area contributed by atoms with Crippen molar-refractivity contribution in [1.82, 2.24) is 0 Å². The second-order valence-electron chi connectivity index (χ2n) is 17.0. The number of hydrogen-bond acceptors (Lipinski definition) is 3. The standard InChI is InChI=1S/C57H43NS2/c1-57(2)51-23-9-6-16-42(51)43-33-31-40(35-52(43)57)58(38-28-26-37(27-29-38)36-14-4-3-5-15-36)39-30-32-41(46-19-12-20-47-44-17-7-10-24-53(44)59-55(46)47)50(34-39)49-22-13-21-48-45-18-8-11-25-54(45)60-56(48)49/h4,6-8,10-22,24-35H,3,5,9,23H2,1-2H3. The second kappa shape index (κ2) is 13.9. The summed E-state index contributed by atoms with van der Waals surface area (Å²) in [6, 6.07) is 55.2. The van der Waals surface area contributed by atoms with Gasteiger partial charge in [-0.15, -0.1) is 22.7 Å². The minimum absolute atomic E-state index is 0.0322. The fourth-order valence-corrected chi connectivity index (χ4v) is 12.7. The summed E-state index contributed by atoms with van der Waals surface area (Å²) in [4.78, 5) is 2.50. The predicted octanol–water partition coefficient (Wildman–Crippen LogP) is 17.4. The lowest BCUT2D eigenvalue weighted by Gasteiger charge is -2.30. The number of fused-ring (bicyclic) bond motifs is 8. The molecule has 0 aliphatic heterocycles. The van der Waals surface area contributed by atoms with Crippen molar-refractivity contribution in [1.29, 1.82) is 0 Å². The molecule has 2 aromatic heterocycles. The fraction of sp³-hybridized carbons (Fsp3) is 0.123. The maximum atomic E-state index is 2.50. The van der Waals surface area contributed by atoms with Gasteiger partial charge >= 0.3 is 0 Å². The normalized spacial score (nSPS) is 15.6. The molecule has 0 saturated carbocycles. The summed E-state index contributed by atoms with van der Waals surface area (Å²) in [5.41, 5.74) is 16.9. The van der Waals surface area contributed by atoms with Gasteiger partial charge in [-0.25, -0.2) is 0 Å². The highest BCUT2D eigenvalue weighted by Crippen LogP contribution is 2.53. The molecule has 0 N–H and O–H groups in total. The highest BCUT2D eigenvalue weighted by molar-refractivity contribution is 7.26. The summed E-state index contributed by atoms with van der Waals surface area (Å²) in [6.07, 6.45) is 16.1. The van der Waals surface area contributed by atoms with E-state index in [1.54, 1.807) is 5.57 Å². The van der Waals surface area contributed by atoms with Crippen molar-refractivity contribution in [2.24, 2.45) is 0 Å². The Balaban J connectivity index is 1.10. The summed E-state index contributed by atoms with van der Waals surface area (Å²) in [7, 11) is 0. The summed E-state index contributed by atoms with van der Waals surface area (Å²) < 4.78 is 5.31. The molecule has 0 saturated heterocycles. The van der Waals surface area contributed by atoms with Gasteiger partial charge in [-0.3, -0.25) is 0 Å². The Kier molecular flexibility index (Phi) is 8.27. The van der Waals surface area contributed by atoms with Crippen molar-refractivity contribution >= 4 is 91.2 Å². The van der Waals surface area contributed by atoms with Crippen molar-refractivity contribution in [3.63, 3.8) is 0 Å². The van der Waals surface area contributed by atoms with Gasteiger partial charge in [-0.05, 0) is 113 Å². The Morgan fingerprint density at radius 1 is 0.483 bits per heavy atom. The molecular weight excluding hydrogens is 763 g/mol. The van der Waals surface area contributed by atoms with Crippen LogP contribution in [0.1, 0.15) is 56.2 Å². The molecule has 0 bridgehead atoms. The maximum absolute atomic E-state index is 2.50. The van der Waals surface area contributed by atoms with E-state index in [2.05, 4.69) is 195 Å². The molecule has 9 aromatic rings. The van der Waals surface area contributed by atoms with Gasteiger partial charge < -0.3 is 4.90 Å². The van der Waals surface area contributed by atoms with Crippen molar-refractivity contribution in [3.05, 3.63) is 198 Å². The third kappa shape index (κ3) is 5.56. The molecule has 0 amide bonds. The molecule has 0 atom stereocenters. The van der Waals surface area contributed by atoms with E-state index in [1.165, 1.54) is 96.1 Å². The Hall–Kier alpha value is -6.26. The van der Waals surface area contributed by atoms with Crippen LogP contribution in [0.3, 0.4) is 0 Å². The molecule has 7 aromatic carbocycles. The Morgan fingerprint density at radius 3 is 1.77 bits per heavy atom. The zero-order valence-electron chi connectivity index (χ0n) is 33.8. The van der Waals surface area contributed by atoms with Gasteiger partial charge in [0.15, 0.2) is 0 Å². The first kappa shape index (κ1) is 35.7. The smallest absolute Gasteiger partial charge is 0.0468 e. The molecule has 288 valence electrons. The average Bonchev–Trinajstić information content (AvgIpc) is 3.95. The minimum atomic E-state index is -0.0322. The highest BCUT2D eigenvalue weighted by atomic mass is 32.1. The van der Waals surface area contributed by atoms with Crippen LogP contribution in [0.25, 0.3) is 73.7 Å². The van der Waals surface area contributed by atoms with Crippen LogP contribution in [0.2, 0.25) is 0 Å². The van der Waals surface area contributed by atoms with Crippen LogP contribution in [-0.2, 0) is 5.41 Å². The van der Waals surface area contributed by atoms with Crippen LogP contribution in [0.15, 0.2) is 182 Å². The van der Waals surface area contributed by atoms with Crippen molar-refractivity contribution in [2.75, 3.05) is 4.90 Å². The lowest BCUT2D eigenvalue weighted by molar-refractivity contribution is 0.607. The van der Waals surface area contributed by atoms with E-state index in [9.17, 15) is 0 Å². The van der Waals surface area contributed by atoms with Crippen molar-refractivity contribution in [2.45, 2.75) is 44.9 Å². The topological polar surface area (TPSA) is 3.24 Å². The van der Waals surface area contributed by atoms with Crippen molar-refractivity contribution in [3.8, 4) is 22.3 Å². The summed E-state index contributed by atoms with van der Waals surface area (Å²) in [5, 5.41) is 5.28. The van der Waals surface area contributed by atoms with E-state index >= 15 is 0 Å². The maximum Gasteiger partial charge on any atom is 0.0468 e. The first-order valence-electron chi connectivity index (χ1n) is 21.3. The van der Waals surface area contributed by atoms with Crippen LogP contribution in [-0.4, -0.2) is 0 Å². The molecule has 12 rings (SSSR count). The van der Waals surface area contributed by atoms with Gasteiger partial charge in [-0.2, -0.15) is 0 Å². The third-order valence-corrected chi connectivity index (χ3v) is 15.7. The average molecular weight is 806 g/mol. The van der Waals surface area contributed by atoms with Crippen LogP contribution in [0.4, 0.5) is 17.1 Å². The van der Waals surface area contributed by atoms with Gasteiger partial charge in [0.05, 0.1) is 0 Å². The zero-order chi connectivity index (χ0) is 40.0. The SMILES string of the molecule is CC1(C)C2=C(C=CCC2)c2ccc(N(c3ccc(C4=CCCC=C4)cc3)c3ccc(-c4cccc5c4sc4ccccc45)c(-c4cccc5c4sc4ccccc45)c3)cc21. The molecule has 1 nitrogen and oxygen atoms in total. The van der Waals surface area contributed by atoms with Crippen LogP contribution in [0.5, 0.6) is 0 Å². The predicted molar refractivity (Wildman–Crippen MR) is 262 cm³/mol. The zero-order valence-corrected chi connectivity index (χ0v) is 35.5. The Bertz CT molecular complexity index is 3340. The lowest BCUT2D eigenvalue weighted by Crippen LogP contribution is -2.19. The quantitative estimate of drug-likeness (QED) is 0.162. The van der Waals surface area contributed by atoms with Gasteiger partial charge in [0.2, 0.25) is 0 Å². The molecule has 0 radical (unpaired) electrons. The van der Waals surface area contributed by atoms with E-state index in [-0.39, 0.29) is 5.41 Å². The molecule has 0 fully saturated rings.